The van der Waals surface area contributed by atoms with Crippen LogP contribution in [0.4, 0.5) is 0 Å². The van der Waals surface area contributed by atoms with E-state index in [0.29, 0.717) is 5.92 Å². The first kappa shape index (κ1) is 7.76. The highest BCUT2D eigenvalue weighted by Crippen LogP contribution is 2.19. The maximum atomic E-state index is 3.16. The molecule has 0 saturated heterocycles. The van der Waals surface area contributed by atoms with Crippen LogP contribution >= 0.6 is 11.3 Å². The van der Waals surface area contributed by atoms with Crippen LogP contribution in [0.15, 0.2) is 17.5 Å². The van der Waals surface area contributed by atoms with Gasteiger partial charge in [-0.2, -0.15) is 0 Å². The molecule has 1 atom stereocenters. The molecule has 1 nitrogen and oxygen atoms in total. The van der Waals surface area contributed by atoms with Crippen LogP contribution in [0.1, 0.15) is 17.7 Å². The van der Waals surface area contributed by atoms with E-state index >= 15 is 0 Å². The third-order valence-electron chi connectivity index (χ3n) is 1.54. The fourth-order valence-electron chi connectivity index (χ4n) is 0.978. The molecule has 56 valence electrons. The smallest absolute Gasteiger partial charge is 0.00860 e. The second-order valence-corrected chi connectivity index (χ2v) is 3.45. The van der Waals surface area contributed by atoms with E-state index in [9.17, 15) is 0 Å². The van der Waals surface area contributed by atoms with E-state index in [1.807, 2.05) is 18.4 Å². The molecule has 10 heavy (non-hydrogen) atoms. The lowest BCUT2D eigenvalue weighted by molar-refractivity contribution is 0.687. The average Bonchev–Trinajstić information content (AvgIpc) is 2.38. The van der Waals surface area contributed by atoms with Crippen molar-refractivity contribution in [3.8, 4) is 0 Å². The molecule has 1 N–H and O–H groups in total. The number of hydrogen-bond acceptors (Lipinski definition) is 2. The topological polar surface area (TPSA) is 12.0 Å². The Morgan fingerprint density at radius 1 is 1.70 bits per heavy atom. The lowest BCUT2D eigenvalue weighted by atomic mass is 10.1. The summed E-state index contributed by atoms with van der Waals surface area (Å²) < 4.78 is 0. The van der Waals surface area contributed by atoms with Crippen molar-refractivity contribution in [2.75, 3.05) is 13.6 Å². The van der Waals surface area contributed by atoms with Crippen LogP contribution in [0.25, 0.3) is 0 Å². The van der Waals surface area contributed by atoms with Gasteiger partial charge in [-0.15, -0.1) is 11.3 Å². The number of hydrogen-bond donors (Lipinski definition) is 1. The summed E-state index contributed by atoms with van der Waals surface area (Å²) in [5.74, 6) is 0.657. The van der Waals surface area contributed by atoms with Crippen LogP contribution in [-0.4, -0.2) is 13.6 Å². The van der Waals surface area contributed by atoms with Gasteiger partial charge in [-0.3, -0.25) is 0 Å². The maximum absolute atomic E-state index is 3.16. The van der Waals surface area contributed by atoms with Crippen molar-refractivity contribution in [2.24, 2.45) is 0 Å². The van der Waals surface area contributed by atoms with Crippen molar-refractivity contribution in [2.45, 2.75) is 12.8 Å². The first-order valence-electron chi connectivity index (χ1n) is 3.52. The lowest BCUT2D eigenvalue weighted by Gasteiger charge is -2.06. The van der Waals surface area contributed by atoms with E-state index in [0.717, 1.165) is 6.54 Å². The molecule has 0 spiro atoms. The highest BCUT2D eigenvalue weighted by atomic mass is 32.1. The Labute approximate surface area is 66.1 Å². The first-order valence-corrected chi connectivity index (χ1v) is 4.40. The molecule has 1 aromatic rings. The Kier molecular flexibility index (Phi) is 2.90. The number of thiophene rings is 1. The number of rotatable bonds is 3. The van der Waals surface area contributed by atoms with E-state index in [2.05, 4.69) is 29.8 Å². The van der Waals surface area contributed by atoms with Crippen LogP contribution in [0, 0.1) is 0 Å². The molecule has 0 radical (unpaired) electrons. The summed E-state index contributed by atoms with van der Waals surface area (Å²) in [5, 5.41) is 5.29. The molecule has 1 heterocycles. The predicted molar refractivity (Wildman–Crippen MR) is 46.7 cm³/mol. The molecule has 0 saturated carbocycles. The van der Waals surface area contributed by atoms with Crippen molar-refractivity contribution in [3.05, 3.63) is 22.4 Å². The monoisotopic (exact) mass is 155 g/mol. The predicted octanol–water partition coefficient (Wildman–Crippen LogP) is 2.07. The van der Waals surface area contributed by atoms with Gasteiger partial charge < -0.3 is 5.32 Å². The standard InChI is InChI=1S/C8H13NS/c1-7(6-9-2)8-4-3-5-10-8/h3-5,7,9H,6H2,1-2H3. The summed E-state index contributed by atoms with van der Waals surface area (Å²) in [7, 11) is 1.99. The lowest BCUT2D eigenvalue weighted by Crippen LogP contribution is -2.13. The van der Waals surface area contributed by atoms with Crippen LogP contribution in [0.3, 0.4) is 0 Å². The molecule has 0 bridgehead atoms. The van der Waals surface area contributed by atoms with Gasteiger partial charge in [-0.1, -0.05) is 13.0 Å². The molecule has 2 heteroatoms. The van der Waals surface area contributed by atoms with Gasteiger partial charge in [-0.25, -0.2) is 0 Å². The number of likely N-dealkylation sites (N-methyl/N-ethyl adjacent to an activating group) is 1. The maximum Gasteiger partial charge on any atom is 0.00860 e. The first-order chi connectivity index (χ1) is 4.84. The highest BCUT2D eigenvalue weighted by Gasteiger charge is 2.02. The second-order valence-electron chi connectivity index (χ2n) is 2.47. The molecule has 0 amide bonds. The zero-order valence-electron chi connectivity index (χ0n) is 6.42. The minimum Gasteiger partial charge on any atom is -0.319 e. The van der Waals surface area contributed by atoms with Gasteiger partial charge in [0.05, 0.1) is 0 Å². The molecular formula is C8H13NS. The Balaban J connectivity index is 2.50. The third kappa shape index (κ3) is 1.82. The van der Waals surface area contributed by atoms with Crippen LogP contribution < -0.4 is 5.32 Å². The normalized spacial score (nSPS) is 13.4. The summed E-state index contributed by atoms with van der Waals surface area (Å²) in [6.07, 6.45) is 0. The molecule has 0 aromatic carbocycles. The zero-order valence-corrected chi connectivity index (χ0v) is 7.24. The SMILES string of the molecule is CNCC(C)c1cccs1. The van der Waals surface area contributed by atoms with Gasteiger partial charge in [0, 0.05) is 17.3 Å². The van der Waals surface area contributed by atoms with Gasteiger partial charge in [0.2, 0.25) is 0 Å². The van der Waals surface area contributed by atoms with Crippen molar-refractivity contribution >= 4 is 11.3 Å². The van der Waals surface area contributed by atoms with Gasteiger partial charge >= 0.3 is 0 Å². The van der Waals surface area contributed by atoms with Gasteiger partial charge in [0.25, 0.3) is 0 Å². The Bertz CT molecular complexity index is 169. The summed E-state index contributed by atoms with van der Waals surface area (Å²) >= 11 is 1.83. The van der Waals surface area contributed by atoms with E-state index in [1.54, 1.807) is 0 Å². The van der Waals surface area contributed by atoms with Crippen LogP contribution in [0.5, 0.6) is 0 Å². The average molecular weight is 155 g/mol. The summed E-state index contributed by atoms with van der Waals surface area (Å²) in [5.41, 5.74) is 0. The molecule has 0 aliphatic heterocycles. The van der Waals surface area contributed by atoms with E-state index < -0.39 is 0 Å². The molecule has 1 rings (SSSR count). The molecule has 0 fully saturated rings. The van der Waals surface area contributed by atoms with Gasteiger partial charge in [0.15, 0.2) is 0 Å². The van der Waals surface area contributed by atoms with E-state index in [-0.39, 0.29) is 0 Å². The quantitative estimate of drug-likeness (QED) is 0.704. The summed E-state index contributed by atoms with van der Waals surface area (Å²) in [6.45, 7) is 3.31. The van der Waals surface area contributed by atoms with Gasteiger partial charge in [-0.05, 0) is 18.5 Å². The zero-order chi connectivity index (χ0) is 7.40. The molecule has 0 aliphatic rings. The summed E-state index contributed by atoms with van der Waals surface area (Å²) in [4.78, 5) is 1.47. The Morgan fingerprint density at radius 3 is 3.00 bits per heavy atom. The minimum atomic E-state index is 0.657. The van der Waals surface area contributed by atoms with E-state index in [1.165, 1.54) is 4.88 Å². The van der Waals surface area contributed by atoms with Crippen molar-refractivity contribution in [1.29, 1.82) is 0 Å². The van der Waals surface area contributed by atoms with Crippen molar-refractivity contribution in [1.82, 2.24) is 5.32 Å². The fraction of sp³-hybridized carbons (Fsp3) is 0.500. The third-order valence-corrected chi connectivity index (χ3v) is 2.64. The largest absolute Gasteiger partial charge is 0.319 e. The highest BCUT2D eigenvalue weighted by molar-refractivity contribution is 7.10. The van der Waals surface area contributed by atoms with Crippen LogP contribution in [0.2, 0.25) is 0 Å². The molecule has 1 unspecified atom stereocenters. The van der Waals surface area contributed by atoms with Gasteiger partial charge in [0.1, 0.15) is 0 Å². The van der Waals surface area contributed by atoms with E-state index in [4.69, 9.17) is 0 Å². The van der Waals surface area contributed by atoms with Crippen LogP contribution in [-0.2, 0) is 0 Å². The van der Waals surface area contributed by atoms with Crippen molar-refractivity contribution in [3.63, 3.8) is 0 Å². The summed E-state index contributed by atoms with van der Waals surface area (Å²) in [6, 6.07) is 4.29. The Hall–Kier alpha value is -0.340. The number of nitrogens with one attached hydrogen (secondary N) is 1. The minimum absolute atomic E-state index is 0.657. The molecule has 1 aromatic heterocycles. The second kappa shape index (κ2) is 3.74. The fourth-order valence-corrected chi connectivity index (χ4v) is 1.77. The Morgan fingerprint density at radius 2 is 2.50 bits per heavy atom. The molecule has 0 aliphatic carbocycles. The molecular weight excluding hydrogens is 142 g/mol. The van der Waals surface area contributed by atoms with Crippen molar-refractivity contribution < 1.29 is 0 Å².